The first-order valence-corrected chi connectivity index (χ1v) is 6.31. The van der Waals surface area contributed by atoms with Gasteiger partial charge >= 0.3 is 0 Å². The van der Waals surface area contributed by atoms with Crippen LogP contribution in [-0.4, -0.2) is 9.97 Å². The molecule has 1 aromatic carbocycles. The average molecular weight is 283 g/mol. The van der Waals surface area contributed by atoms with E-state index in [1.54, 1.807) is 6.07 Å². The Labute approximate surface area is 115 Å². The van der Waals surface area contributed by atoms with E-state index in [2.05, 4.69) is 9.97 Å². The number of benzene rings is 1. The van der Waals surface area contributed by atoms with Gasteiger partial charge in [-0.05, 0) is 23.6 Å². The highest BCUT2D eigenvalue weighted by atomic mass is 35.5. The third kappa shape index (κ3) is 3.47. The van der Waals surface area contributed by atoms with Crippen molar-refractivity contribution in [2.45, 2.75) is 26.2 Å². The molecule has 1 aromatic heterocycles. The highest BCUT2D eigenvalue weighted by Crippen LogP contribution is 2.18. The fourth-order valence-electron chi connectivity index (χ4n) is 1.69. The van der Waals surface area contributed by atoms with Crippen molar-refractivity contribution in [3.05, 3.63) is 58.1 Å². The fraction of sp³-hybridized carbons (Fsp3) is 0.286. The Morgan fingerprint density at radius 1 is 1.16 bits per heavy atom. The molecule has 0 N–H and O–H groups in total. The van der Waals surface area contributed by atoms with Gasteiger partial charge in [0, 0.05) is 18.2 Å². The first kappa shape index (κ1) is 13.9. The van der Waals surface area contributed by atoms with Crippen LogP contribution in [0.4, 0.5) is 8.78 Å². The van der Waals surface area contributed by atoms with E-state index in [1.165, 1.54) is 12.1 Å². The molecule has 0 amide bonds. The van der Waals surface area contributed by atoms with Gasteiger partial charge in [-0.1, -0.05) is 31.5 Å². The lowest BCUT2D eigenvalue weighted by molar-refractivity contribution is 0.573. The Hall–Kier alpha value is -1.55. The van der Waals surface area contributed by atoms with Crippen LogP contribution >= 0.6 is 11.6 Å². The van der Waals surface area contributed by atoms with Crippen molar-refractivity contribution in [1.82, 2.24) is 9.97 Å². The number of rotatable bonds is 3. The summed E-state index contributed by atoms with van der Waals surface area (Å²) < 4.78 is 26.4. The highest BCUT2D eigenvalue weighted by molar-refractivity contribution is 6.29. The fourth-order valence-corrected chi connectivity index (χ4v) is 1.90. The van der Waals surface area contributed by atoms with Crippen molar-refractivity contribution < 1.29 is 8.78 Å². The van der Waals surface area contributed by atoms with Crippen LogP contribution in [0.25, 0.3) is 0 Å². The third-order valence-electron chi connectivity index (χ3n) is 2.72. The molecule has 0 saturated heterocycles. The van der Waals surface area contributed by atoms with Crippen LogP contribution < -0.4 is 0 Å². The number of hydrogen-bond acceptors (Lipinski definition) is 2. The minimum atomic E-state index is -0.602. The summed E-state index contributed by atoms with van der Waals surface area (Å²) in [4.78, 5) is 8.40. The number of nitrogens with zero attached hydrogens (tertiary/aromatic N) is 2. The van der Waals surface area contributed by atoms with Gasteiger partial charge in [0.2, 0.25) is 0 Å². The van der Waals surface area contributed by atoms with Crippen molar-refractivity contribution in [2.75, 3.05) is 0 Å². The van der Waals surface area contributed by atoms with Crippen LogP contribution in [0, 0.1) is 11.6 Å². The summed E-state index contributed by atoms with van der Waals surface area (Å²) >= 11 is 5.92. The van der Waals surface area contributed by atoms with Crippen LogP contribution in [0.2, 0.25) is 5.15 Å². The lowest BCUT2D eigenvalue weighted by Gasteiger charge is -2.08. The number of halogens is 3. The SMILES string of the molecule is CC(C)c1cc(Cl)nc(Cc2ccc(F)cc2F)n1. The molecule has 0 atom stereocenters. The molecule has 0 fully saturated rings. The summed E-state index contributed by atoms with van der Waals surface area (Å²) in [6.45, 7) is 3.97. The topological polar surface area (TPSA) is 25.8 Å². The normalized spacial score (nSPS) is 11.1. The smallest absolute Gasteiger partial charge is 0.134 e. The van der Waals surface area contributed by atoms with Crippen LogP contribution in [0.3, 0.4) is 0 Å². The Balaban J connectivity index is 2.32. The first-order valence-electron chi connectivity index (χ1n) is 5.93. The maximum Gasteiger partial charge on any atom is 0.134 e. The zero-order valence-electron chi connectivity index (χ0n) is 10.6. The van der Waals surface area contributed by atoms with E-state index >= 15 is 0 Å². The summed E-state index contributed by atoms with van der Waals surface area (Å²) in [5.74, 6) is -0.565. The van der Waals surface area contributed by atoms with E-state index in [1.807, 2.05) is 13.8 Å². The minimum Gasteiger partial charge on any atom is -0.237 e. The molecule has 5 heteroatoms. The zero-order valence-corrected chi connectivity index (χ0v) is 11.4. The molecule has 19 heavy (non-hydrogen) atoms. The molecule has 0 bridgehead atoms. The Kier molecular flexibility index (Phi) is 4.10. The molecule has 0 aliphatic rings. The van der Waals surface area contributed by atoms with Gasteiger partial charge in [-0.2, -0.15) is 0 Å². The number of hydrogen-bond donors (Lipinski definition) is 0. The van der Waals surface area contributed by atoms with Gasteiger partial charge in [0.25, 0.3) is 0 Å². The standard InChI is InChI=1S/C14H13ClF2N2/c1-8(2)12-7-13(15)19-14(18-12)5-9-3-4-10(16)6-11(9)17/h3-4,6-8H,5H2,1-2H3. The largest absolute Gasteiger partial charge is 0.237 e. The number of aromatic nitrogens is 2. The summed E-state index contributed by atoms with van der Waals surface area (Å²) in [5, 5.41) is 0.330. The summed E-state index contributed by atoms with van der Waals surface area (Å²) in [6.07, 6.45) is 0.187. The third-order valence-corrected chi connectivity index (χ3v) is 2.91. The first-order chi connectivity index (χ1) is 8.95. The molecule has 100 valence electrons. The van der Waals surface area contributed by atoms with Crippen molar-refractivity contribution >= 4 is 11.6 Å². The maximum absolute atomic E-state index is 13.6. The summed E-state index contributed by atoms with van der Waals surface area (Å²) in [7, 11) is 0. The quantitative estimate of drug-likeness (QED) is 0.791. The van der Waals surface area contributed by atoms with Gasteiger partial charge in [-0.15, -0.1) is 0 Å². The van der Waals surface area contributed by atoms with Crippen molar-refractivity contribution in [1.29, 1.82) is 0 Å². The van der Waals surface area contributed by atoms with E-state index in [0.29, 0.717) is 16.5 Å². The van der Waals surface area contributed by atoms with E-state index < -0.39 is 11.6 Å². The average Bonchev–Trinajstić information content (AvgIpc) is 2.32. The van der Waals surface area contributed by atoms with Crippen LogP contribution in [0.15, 0.2) is 24.3 Å². The molecule has 2 aromatic rings. The zero-order chi connectivity index (χ0) is 14.0. The highest BCUT2D eigenvalue weighted by Gasteiger charge is 2.10. The predicted molar refractivity (Wildman–Crippen MR) is 70.3 cm³/mol. The molecule has 0 radical (unpaired) electrons. The van der Waals surface area contributed by atoms with Crippen LogP contribution in [-0.2, 0) is 6.42 Å². The van der Waals surface area contributed by atoms with E-state index in [9.17, 15) is 8.78 Å². The van der Waals surface area contributed by atoms with Crippen molar-refractivity contribution in [3.8, 4) is 0 Å². The van der Waals surface area contributed by atoms with Gasteiger partial charge in [0.1, 0.15) is 22.6 Å². The molecule has 0 spiro atoms. The lowest BCUT2D eigenvalue weighted by atomic mass is 10.1. The maximum atomic E-state index is 13.6. The second kappa shape index (κ2) is 5.61. The van der Waals surface area contributed by atoms with E-state index in [0.717, 1.165) is 11.8 Å². The summed E-state index contributed by atoms with van der Waals surface area (Å²) in [5.41, 5.74) is 1.15. The molecule has 2 nitrogen and oxygen atoms in total. The van der Waals surface area contributed by atoms with Gasteiger partial charge in [0.05, 0.1) is 0 Å². The Morgan fingerprint density at radius 2 is 1.89 bits per heavy atom. The van der Waals surface area contributed by atoms with Gasteiger partial charge < -0.3 is 0 Å². The molecule has 0 saturated carbocycles. The van der Waals surface area contributed by atoms with Crippen molar-refractivity contribution in [3.63, 3.8) is 0 Å². The Morgan fingerprint density at radius 3 is 2.53 bits per heavy atom. The summed E-state index contributed by atoms with van der Waals surface area (Å²) in [6, 6.07) is 5.15. The predicted octanol–water partition coefficient (Wildman–Crippen LogP) is 4.12. The lowest BCUT2D eigenvalue weighted by Crippen LogP contribution is -2.03. The van der Waals surface area contributed by atoms with Gasteiger partial charge in [-0.3, -0.25) is 0 Å². The van der Waals surface area contributed by atoms with Gasteiger partial charge in [-0.25, -0.2) is 18.7 Å². The molecular formula is C14H13ClF2N2. The molecule has 0 unspecified atom stereocenters. The second-order valence-corrected chi connectivity index (χ2v) is 4.99. The van der Waals surface area contributed by atoms with E-state index in [4.69, 9.17) is 11.6 Å². The van der Waals surface area contributed by atoms with Crippen molar-refractivity contribution in [2.24, 2.45) is 0 Å². The molecule has 2 rings (SSSR count). The molecular weight excluding hydrogens is 270 g/mol. The molecule has 0 aliphatic heterocycles. The monoisotopic (exact) mass is 282 g/mol. The van der Waals surface area contributed by atoms with E-state index in [-0.39, 0.29) is 12.3 Å². The Bertz CT molecular complexity index is 600. The van der Waals surface area contributed by atoms with Crippen LogP contribution in [0.1, 0.15) is 36.8 Å². The van der Waals surface area contributed by atoms with Gasteiger partial charge in [0.15, 0.2) is 0 Å². The molecule has 1 heterocycles. The minimum absolute atomic E-state index is 0.187. The van der Waals surface area contributed by atoms with Crippen LogP contribution in [0.5, 0.6) is 0 Å². The second-order valence-electron chi connectivity index (χ2n) is 4.60. The molecule has 0 aliphatic carbocycles.